The van der Waals surface area contributed by atoms with E-state index in [9.17, 15) is 59.0 Å². The van der Waals surface area contributed by atoms with Crippen molar-refractivity contribution >= 4 is 69.9 Å². The van der Waals surface area contributed by atoms with Crippen LogP contribution >= 0.6 is 34.8 Å². The third kappa shape index (κ3) is 6.77. The molecular weight excluding hydrogens is 894 g/mol. The zero-order chi connectivity index (χ0) is 44.3. The van der Waals surface area contributed by atoms with E-state index >= 15 is 4.79 Å². The van der Waals surface area contributed by atoms with E-state index in [-0.39, 0.29) is 62.0 Å². The maximum atomic E-state index is 15.3. The van der Waals surface area contributed by atoms with Gasteiger partial charge < -0.3 is 5.11 Å². The first-order chi connectivity index (χ1) is 28.4. The molecule has 2 aliphatic carbocycles. The Morgan fingerprint density at radius 2 is 1.34 bits per heavy atom. The molecule has 1 saturated carbocycles. The molecule has 1 aromatic heterocycles. The van der Waals surface area contributed by atoms with Crippen molar-refractivity contribution in [3.63, 3.8) is 0 Å². The number of hydrogen-bond donors (Lipinski definition) is 2. The van der Waals surface area contributed by atoms with Crippen LogP contribution in [-0.4, -0.2) is 38.7 Å². The molecule has 61 heavy (non-hydrogen) atoms. The van der Waals surface area contributed by atoms with Crippen molar-refractivity contribution in [2.24, 2.45) is 23.7 Å². The minimum Gasteiger partial charge on any atom is -0.508 e. The third-order valence-electron chi connectivity index (χ3n) is 11.7. The number of benzene rings is 3. The summed E-state index contributed by atoms with van der Waals surface area (Å²) in [6.07, 6.45) is -14.3. The number of aromatic nitrogens is 1. The SMILES string of the molecule is O=C1[C@@H]2C[C@@H]3C(=CC[C@@H]4C(=O)N(c5cc(C(F)(F)F)cc(C(F)(F)F)c5)C(=O)[C@@H]43)[C@H](c3ccc(O)cc3Cl)[C@]2(c2ccc(Cl)cc2)C(=O)N1Nc1ncc(C(F)(F)F)cc1Cl. The molecule has 4 amide bonds. The molecule has 21 heteroatoms. The van der Waals surface area contributed by atoms with Gasteiger partial charge in [0.25, 0.3) is 11.8 Å². The number of halogens is 12. The molecule has 2 saturated heterocycles. The fourth-order valence-corrected chi connectivity index (χ4v) is 9.82. The van der Waals surface area contributed by atoms with Crippen LogP contribution in [0.4, 0.5) is 51.0 Å². The Labute approximate surface area is 352 Å². The molecule has 0 radical (unpaired) electrons. The van der Waals surface area contributed by atoms with Gasteiger partial charge in [-0.3, -0.25) is 24.6 Å². The third-order valence-corrected chi connectivity index (χ3v) is 12.6. The lowest BCUT2D eigenvalue weighted by Crippen LogP contribution is -2.53. The summed E-state index contributed by atoms with van der Waals surface area (Å²) in [6.45, 7) is 0. The van der Waals surface area contributed by atoms with E-state index in [0.29, 0.717) is 17.3 Å². The number of alkyl halides is 9. The molecule has 2 N–H and O–H groups in total. The van der Waals surface area contributed by atoms with E-state index < -0.39 is 117 Å². The lowest BCUT2D eigenvalue weighted by atomic mass is 9.49. The molecule has 2 aliphatic heterocycles. The molecule has 4 aromatic rings. The van der Waals surface area contributed by atoms with Crippen LogP contribution in [0.15, 0.2) is 84.6 Å². The van der Waals surface area contributed by atoms with Gasteiger partial charge in [0.15, 0.2) is 5.82 Å². The Balaban J connectivity index is 1.30. The number of carbonyl (C=O) groups is 4. The summed E-state index contributed by atoms with van der Waals surface area (Å²) >= 11 is 19.2. The normalized spacial score (nSPS) is 25.4. The Kier molecular flexibility index (Phi) is 9.98. The molecule has 3 aromatic carbocycles. The van der Waals surface area contributed by atoms with Gasteiger partial charge in [0.05, 0.1) is 50.6 Å². The summed E-state index contributed by atoms with van der Waals surface area (Å²) in [4.78, 5) is 62.6. The van der Waals surface area contributed by atoms with Gasteiger partial charge in [-0.15, -0.1) is 0 Å². The summed E-state index contributed by atoms with van der Waals surface area (Å²) in [7, 11) is 0. The average Bonchev–Trinajstić information content (AvgIpc) is 3.55. The second kappa shape index (κ2) is 14.4. The van der Waals surface area contributed by atoms with Crippen molar-refractivity contribution in [3.8, 4) is 5.75 Å². The van der Waals surface area contributed by atoms with Gasteiger partial charge in [-0.2, -0.15) is 44.5 Å². The highest BCUT2D eigenvalue weighted by atomic mass is 35.5. The maximum Gasteiger partial charge on any atom is 0.417 e. The van der Waals surface area contributed by atoms with Crippen LogP contribution in [0.5, 0.6) is 5.75 Å². The van der Waals surface area contributed by atoms with Gasteiger partial charge in [0.1, 0.15) is 5.75 Å². The molecular formula is C40H24Cl3F9N4O5. The van der Waals surface area contributed by atoms with Crippen LogP contribution in [-0.2, 0) is 43.1 Å². The Bertz CT molecular complexity index is 2550. The number of hydrogen-bond acceptors (Lipinski definition) is 7. The highest BCUT2D eigenvalue weighted by Crippen LogP contribution is 2.65. The summed E-state index contributed by atoms with van der Waals surface area (Å²) in [5.41, 5.74) is -4.86. The zero-order valence-corrected chi connectivity index (χ0v) is 32.5. The van der Waals surface area contributed by atoms with Crippen molar-refractivity contribution < 1.29 is 63.8 Å². The van der Waals surface area contributed by atoms with Gasteiger partial charge in [-0.25, -0.2) is 9.88 Å². The predicted molar refractivity (Wildman–Crippen MR) is 199 cm³/mol. The topological polar surface area (TPSA) is 120 Å². The molecule has 9 nitrogen and oxygen atoms in total. The Morgan fingerprint density at radius 3 is 1.92 bits per heavy atom. The second-order valence-corrected chi connectivity index (χ2v) is 16.2. The summed E-state index contributed by atoms with van der Waals surface area (Å²) in [5, 5.41) is 10.3. The molecule has 4 aliphatic rings. The predicted octanol–water partition coefficient (Wildman–Crippen LogP) is 9.99. The number of nitrogens with zero attached hydrogens (tertiary/aromatic N) is 3. The molecule has 6 atom stereocenters. The van der Waals surface area contributed by atoms with Crippen LogP contribution in [0.2, 0.25) is 15.1 Å². The van der Waals surface area contributed by atoms with Gasteiger partial charge in [0, 0.05) is 22.2 Å². The maximum absolute atomic E-state index is 15.3. The largest absolute Gasteiger partial charge is 0.508 e. The standard InChI is InChI=1S/C40H24Cl3F9N4O5/c41-20-3-1-16(2-4-20)37-27(34(59)56(36(37)61)54-32-29(43)12-19(15-53-32)40(50,51)52)14-26-23(31(37)24-6-5-22(57)13-28(24)42)7-8-25-30(26)35(60)55(33(25)58)21-10-17(38(44,45)46)9-18(11-21)39(47,48)49/h1-7,9-13,15,25-27,30-31,57H,8,14H2,(H,53,54)/t25-,26+,27-,30-,31+,37+/m0/s1. The van der Waals surface area contributed by atoms with Gasteiger partial charge in [-0.05, 0) is 78.4 Å². The van der Waals surface area contributed by atoms with Gasteiger partial charge in [-0.1, -0.05) is 64.7 Å². The number of anilines is 2. The van der Waals surface area contributed by atoms with E-state index in [0.717, 1.165) is 6.07 Å². The zero-order valence-electron chi connectivity index (χ0n) is 30.3. The van der Waals surface area contributed by atoms with Crippen molar-refractivity contribution in [1.29, 1.82) is 0 Å². The van der Waals surface area contributed by atoms with E-state index in [4.69, 9.17) is 34.8 Å². The first-order valence-corrected chi connectivity index (χ1v) is 19.1. The van der Waals surface area contributed by atoms with Crippen LogP contribution in [0.3, 0.4) is 0 Å². The highest BCUT2D eigenvalue weighted by Gasteiger charge is 2.70. The Hall–Kier alpha value is -5.33. The second-order valence-electron chi connectivity index (χ2n) is 14.9. The number of phenolic OH excluding ortho intramolecular Hbond substituents is 1. The van der Waals surface area contributed by atoms with Crippen molar-refractivity contribution in [1.82, 2.24) is 9.99 Å². The molecule has 0 spiro atoms. The van der Waals surface area contributed by atoms with Crippen molar-refractivity contribution in [3.05, 3.63) is 127 Å². The fourth-order valence-electron chi connectivity index (χ4n) is 9.20. The minimum atomic E-state index is -5.32. The van der Waals surface area contributed by atoms with Crippen molar-refractivity contribution in [2.45, 2.75) is 42.7 Å². The molecule has 0 bridgehead atoms. The number of allylic oxidation sites excluding steroid dienone is 2. The molecule has 3 fully saturated rings. The molecule has 318 valence electrons. The first-order valence-electron chi connectivity index (χ1n) is 17.9. The fraction of sp³-hybridized carbons (Fsp3) is 0.275. The summed E-state index contributed by atoms with van der Waals surface area (Å²) < 4.78 is 124. The monoisotopic (exact) mass is 916 g/mol. The van der Waals surface area contributed by atoms with Crippen LogP contribution in [0.25, 0.3) is 0 Å². The molecule has 0 unspecified atom stereocenters. The number of amides is 4. The summed E-state index contributed by atoms with van der Waals surface area (Å²) in [5.74, 6) is -12.1. The lowest BCUT2D eigenvalue weighted by molar-refractivity contribution is -0.143. The first kappa shape index (κ1) is 42.4. The van der Waals surface area contributed by atoms with E-state index in [2.05, 4.69) is 10.4 Å². The number of phenols is 1. The van der Waals surface area contributed by atoms with E-state index in [1.54, 1.807) is 0 Å². The van der Waals surface area contributed by atoms with E-state index in [1.807, 2.05) is 0 Å². The number of carbonyl (C=O) groups excluding carboxylic acids is 4. The van der Waals surface area contributed by atoms with Crippen LogP contribution in [0.1, 0.15) is 46.6 Å². The number of rotatable bonds is 5. The van der Waals surface area contributed by atoms with Crippen LogP contribution < -0.4 is 10.3 Å². The Morgan fingerprint density at radius 1 is 0.721 bits per heavy atom. The van der Waals surface area contributed by atoms with Crippen LogP contribution in [0, 0.1) is 23.7 Å². The van der Waals surface area contributed by atoms with E-state index in [1.165, 1.54) is 42.5 Å². The number of hydrazine groups is 1. The summed E-state index contributed by atoms with van der Waals surface area (Å²) in [6, 6.07) is 10.3. The highest BCUT2D eigenvalue weighted by molar-refractivity contribution is 6.33. The minimum absolute atomic E-state index is 0.115. The number of imide groups is 2. The average molecular weight is 918 g/mol. The number of fused-ring (bicyclic) bond motifs is 4. The lowest BCUT2D eigenvalue weighted by Gasteiger charge is -2.50. The molecule has 8 rings (SSSR count). The molecule has 3 heterocycles. The number of nitrogens with one attached hydrogen (secondary N) is 1. The van der Waals surface area contributed by atoms with Gasteiger partial charge in [0.2, 0.25) is 11.8 Å². The quantitative estimate of drug-likeness (QED) is 0.116. The smallest absolute Gasteiger partial charge is 0.417 e. The number of aromatic hydroxyl groups is 1. The van der Waals surface area contributed by atoms with Crippen molar-refractivity contribution in [2.75, 3.05) is 10.3 Å². The number of pyridine rings is 1. The van der Waals surface area contributed by atoms with Gasteiger partial charge >= 0.3 is 18.5 Å².